The predicted molar refractivity (Wildman–Crippen MR) is 73.4 cm³/mol. The van der Waals surface area contributed by atoms with Crippen molar-refractivity contribution in [1.29, 1.82) is 5.26 Å². The number of carbonyl (C=O) groups is 1. The van der Waals surface area contributed by atoms with Crippen LogP contribution < -0.4 is 10.5 Å². The van der Waals surface area contributed by atoms with Crippen LogP contribution >= 0.6 is 0 Å². The Morgan fingerprint density at radius 2 is 2.00 bits per heavy atom. The standard InChI is InChI=1S/C15H11FN2O3/c1-20-15(19)10-3-4-12(18)14(7-10)21-13-5-2-9(8-17)6-11(13)16/h2-7H,18H2,1H3. The number of nitriles is 1. The van der Waals surface area contributed by atoms with Crippen LogP contribution in [0.15, 0.2) is 36.4 Å². The van der Waals surface area contributed by atoms with E-state index in [4.69, 9.17) is 15.7 Å². The molecule has 0 aliphatic carbocycles. The lowest BCUT2D eigenvalue weighted by atomic mass is 10.2. The Bertz CT molecular complexity index is 738. The van der Waals surface area contributed by atoms with Crippen molar-refractivity contribution < 1.29 is 18.7 Å². The maximum atomic E-state index is 13.8. The summed E-state index contributed by atoms with van der Waals surface area (Å²) in [7, 11) is 1.25. The quantitative estimate of drug-likeness (QED) is 0.692. The smallest absolute Gasteiger partial charge is 0.337 e. The van der Waals surface area contributed by atoms with Gasteiger partial charge in [0.15, 0.2) is 17.3 Å². The zero-order valence-electron chi connectivity index (χ0n) is 11.1. The summed E-state index contributed by atoms with van der Waals surface area (Å²) in [6.45, 7) is 0. The third-order valence-electron chi connectivity index (χ3n) is 2.72. The number of carbonyl (C=O) groups excluding carboxylic acids is 1. The van der Waals surface area contributed by atoms with E-state index in [-0.39, 0.29) is 28.3 Å². The van der Waals surface area contributed by atoms with Gasteiger partial charge in [0.25, 0.3) is 0 Å². The minimum absolute atomic E-state index is 0.0947. The van der Waals surface area contributed by atoms with Gasteiger partial charge in [0, 0.05) is 0 Å². The molecule has 0 aliphatic rings. The molecule has 0 atom stereocenters. The first-order valence-corrected chi connectivity index (χ1v) is 5.90. The van der Waals surface area contributed by atoms with Crippen LogP contribution in [0.3, 0.4) is 0 Å². The summed E-state index contributed by atoms with van der Waals surface area (Å²) in [5.41, 5.74) is 6.38. The molecule has 0 amide bonds. The van der Waals surface area contributed by atoms with Gasteiger partial charge in [0.05, 0.1) is 30.0 Å². The van der Waals surface area contributed by atoms with Crippen LogP contribution in [-0.2, 0) is 4.74 Å². The molecule has 6 heteroatoms. The molecule has 2 N–H and O–H groups in total. The molecule has 2 rings (SSSR count). The van der Waals surface area contributed by atoms with Crippen molar-refractivity contribution in [2.45, 2.75) is 0 Å². The van der Waals surface area contributed by atoms with Gasteiger partial charge in [-0.15, -0.1) is 0 Å². The fourth-order valence-electron chi connectivity index (χ4n) is 1.64. The number of rotatable bonds is 3. The number of esters is 1. The first-order valence-electron chi connectivity index (χ1n) is 5.90. The molecular weight excluding hydrogens is 275 g/mol. The molecule has 106 valence electrons. The Morgan fingerprint density at radius 3 is 2.62 bits per heavy atom. The van der Waals surface area contributed by atoms with Crippen molar-refractivity contribution in [3.05, 3.63) is 53.3 Å². The number of nitrogens with two attached hydrogens (primary N) is 1. The van der Waals surface area contributed by atoms with Gasteiger partial charge in [-0.2, -0.15) is 5.26 Å². The number of halogens is 1. The van der Waals surface area contributed by atoms with Crippen LogP contribution in [-0.4, -0.2) is 13.1 Å². The Hall–Kier alpha value is -3.07. The Kier molecular flexibility index (Phi) is 4.05. The van der Waals surface area contributed by atoms with Gasteiger partial charge in [-0.05, 0) is 36.4 Å². The van der Waals surface area contributed by atoms with E-state index in [0.29, 0.717) is 0 Å². The van der Waals surface area contributed by atoms with Crippen molar-refractivity contribution in [2.24, 2.45) is 0 Å². The first kappa shape index (κ1) is 14.3. The van der Waals surface area contributed by atoms with Gasteiger partial charge >= 0.3 is 5.97 Å². The molecule has 0 unspecified atom stereocenters. The van der Waals surface area contributed by atoms with Crippen LogP contribution in [0.5, 0.6) is 11.5 Å². The van der Waals surface area contributed by atoms with Crippen molar-refractivity contribution in [1.82, 2.24) is 0 Å². The highest BCUT2D eigenvalue weighted by Gasteiger charge is 2.12. The summed E-state index contributed by atoms with van der Waals surface area (Å²) in [6.07, 6.45) is 0. The second-order valence-corrected chi connectivity index (χ2v) is 4.10. The van der Waals surface area contributed by atoms with Crippen LogP contribution in [0.1, 0.15) is 15.9 Å². The number of hydrogen-bond acceptors (Lipinski definition) is 5. The van der Waals surface area contributed by atoms with E-state index in [2.05, 4.69) is 4.74 Å². The van der Waals surface area contributed by atoms with Gasteiger partial charge < -0.3 is 15.2 Å². The highest BCUT2D eigenvalue weighted by atomic mass is 19.1. The van der Waals surface area contributed by atoms with E-state index in [1.165, 1.54) is 37.4 Å². The Labute approximate surface area is 120 Å². The molecule has 21 heavy (non-hydrogen) atoms. The first-order chi connectivity index (χ1) is 10.0. The second kappa shape index (κ2) is 5.92. The van der Waals surface area contributed by atoms with Crippen molar-refractivity contribution >= 4 is 11.7 Å². The molecule has 0 aliphatic heterocycles. The minimum atomic E-state index is -0.697. The molecule has 0 bridgehead atoms. The zero-order chi connectivity index (χ0) is 15.4. The molecule has 0 aromatic heterocycles. The van der Waals surface area contributed by atoms with E-state index in [1.807, 2.05) is 6.07 Å². The van der Waals surface area contributed by atoms with Gasteiger partial charge in [0.2, 0.25) is 0 Å². The van der Waals surface area contributed by atoms with Crippen LogP contribution in [0.2, 0.25) is 0 Å². The summed E-state index contributed by atoms with van der Waals surface area (Å²) >= 11 is 0. The van der Waals surface area contributed by atoms with Crippen LogP contribution in [0.4, 0.5) is 10.1 Å². The van der Waals surface area contributed by atoms with E-state index in [1.54, 1.807) is 0 Å². The average Bonchev–Trinajstić information content (AvgIpc) is 2.50. The number of benzene rings is 2. The fraction of sp³-hybridized carbons (Fsp3) is 0.0667. The zero-order valence-corrected chi connectivity index (χ0v) is 11.1. The SMILES string of the molecule is COC(=O)c1ccc(N)c(Oc2ccc(C#N)cc2F)c1. The van der Waals surface area contributed by atoms with Crippen LogP contribution in [0, 0.1) is 17.1 Å². The lowest BCUT2D eigenvalue weighted by Gasteiger charge is -2.10. The largest absolute Gasteiger partial charge is 0.465 e. The van der Waals surface area contributed by atoms with E-state index >= 15 is 0 Å². The topological polar surface area (TPSA) is 85.3 Å². The van der Waals surface area contributed by atoms with Crippen molar-refractivity contribution in [2.75, 3.05) is 12.8 Å². The lowest BCUT2D eigenvalue weighted by Crippen LogP contribution is -2.03. The molecule has 2 aromatic rings. The second-order valence-electron chi connectivity index (χ2n) is 4.10. The van der Waals surface area contributed by atoms with E-state index in [0.717, 1.165) is 6.07 Å². The van der Waals surface area contributed by atoms with Gasteiger partial charge in [0.1, 0.15) is 0 Å². The normalized spacial score (nSPS) is 9.76. The molecule has 0 radical (unpaired) electrons. The number of anilines is 1. The summed E-state index contributed by atoms with van der Waals surface area (Å²) in [5.74, 6) is -1.22. The third kappa shape index (κ3) is 3.09. The van der Waals surface area contributed by atoms with E-state index < -0.39 is 11.8 Å². The number of methoxy groups -OCH3 is 1. The molecular formula is C15H11FN2O3. The summed E-state index contributed by atoms with van der Waals surface area (Å²) in [5, 5.41) is 8.68. The monoisotopic (exact) mass is 286 g/mol. The molecule has 5 nitrogen and oxygen atoms in total. The Morgan fingerprint density at radius 1 is 1.24 bits per heavy atom. The van der Waals surface area contributed by atoms with Crippen molar-refractivity contribution in [3.63, 3.8) is 0 Å². The molecule has 0 spiro atoms. The maximum Gasteiger partial charge on any atom is 0.337 e. The number of ether oxygens (including phenoxy) is 2. The molecule has 0 fully saturated rings. The van der Waals surface area contributed by atoms with Gasteiger partial charge in [-0.1, -0.05) is 0 Å². The number of nitrogens with zero attached hydrogens (tertiary/aromatic N) is 1. The predicted octanol–water partition coefficient (Wildman–Crippen LogP) is 2.86. The molecule has 2 aromatic carbocycles. The number of hydrogen-bond donors (Lipinski definition) is 1. The Balaban J connectivity index is 2.35. The summed E-state index contributed by atoms with van der Waals surface area (Å²) in [6, 6.07) is 9.90. The minimum Gasteiger partial charge on any atom is -0.465 e. The highest BCUT2D eigenvalue weighted by molar-refractivity contribution is 5.90. The molecule has 0 heterocycles. The average molecular weight is 286 g/mol. The summed E-state index contributed by atoms with van der Waals surface area (Å²) in [4.78, 5) is 11.5. The number of nitrogen functional groups attached to an aromatic ring is 1. The molecule has 0 saturated heterocycles. The van der Waals surface area contributed by atoms with Gasteiger partial charge in [-0.3, -0.25) is 0 Å². The van der Waals surface area contributed by atoms with Gasteiger partial charge in [-0.25, -0.2) is 9.18 Å². The van der Waals surface area contributed by atoms with Crippen molar-refractivity contribution in [3.8, 4) is 17.6 Å². The maximum absolute atomic E-state index is 13.8. The third-order valence-corrected chi connectivity index (χ3v) is 2.72. The fourth-order valence-corrected chi connectivity index (χ4v) is 1.64. The van der Waals surface area contributed by atoms with E-state index in [9.17, 15) is 9.18 Å². The van der Waals surface area contributed by atoms with Crippen LogP contribution in [0.25, 0.3) is 0 Å². The molecule has 0 saturated carbocycles. The summed E-state index contributed by atoms with van der Waals surface area (Å²) < 4.78 is 23.7. The highest BCUT2D eigenvalue weighted by Crippen LogP contribution is 2.30. The lowest BCUT2D eigenvalue weighted by molar-refractivity contribution is 0.0600.